The van der Waals surface area contributed by atoms with Crippen molar-refractivity contribution < 1.29 is 14.3 Å². The Morgan fingerprint density at radius 1 is 1.43 bits per heavy atom. The van der Waals surface area contributed by atoms with Crippen LogP contribution in [0.25, 0.3) is 0 Å². The van der Waals surface area contributed by atoms with Gasteiger partial charge in [0, 0.05) is 25.9 Å². The smallest absolute Gasteiger partial charge is 0.409 e. The predicted molar refractivity (Wildman–Crippen MR) is 49.8 cm³/mol. The average Bonchev–Trinajstić information content (AvgIpc) is 2.59. The first-order chi connectivity index (χ1) is 6.70. The lowest BCUT2D eigenvalue weighted by atomic mass is 9.81. The van der Waals surface area contributed by atoms with E-state index in [1.807, 2.05) is 0 Å². The third kappa shape index (κ3) is 1.61. The van der Waals surface area contributed by atoms with Crippen molar-refractivity contribution in [1.29, 1.82) is 0 Å². The number of ether oxygens (including phenoxy) is 1. The van der Waals surface area contributed by atoms with E-state index in [1.165, 1.54) is 7.11 Å². The minimum atomic E-state index is -0.258. The van der Waals surface area contributed by atoms with Gasteiger partial charge in [-0.05, 0) is 18.3 Å². The summed E-state index contributed by atoms with van der Waals surface area (Å²) in [6.45, 7) is 1.47. The Balaban J connectivity index is 1.98. The maximum absolute atomic E-state index is 11.3. The molecule has 1 heterocycles. The molecule has 2 fully saturated rings. The Kier molecular flexibility index (Phi) is 2.44. The van der Waals surface area contributed by atoms with Gasteiger partial charge in [-0.1, -0.05) is 0 Å². The van der Waals surface area contributed by atoms with Gasteiger partial charge in [-0.25, -0.2) is 4.79 Å². The number of ketones is 1. The van der Waals surface area contributed by atoms with Gasteiger partial charge in [0.15, 0.2) is 0 Å². The highest BCUT2D eigenvalue weighted by Crippen LogP contribution is 2.34. The average molecular weight is 197 g/mol. The lowest BCUT2D eigenvalue weighted by molar-refractivity contribution is -0.122. The largest absolute Gasteiger partial charge is 0.453 e. The summed E-state index contributed by atoms with van der Waals surface area (Å²) in [5.41, 5.74) is 0. The van der Waals surface area contributed by atoms with Gasteiger partial charge in [0.25, 0.3) is 0 Å². The monoisotopic (exact) mass is 197 g/mol. The molecule has 78 valence electrons. The maximum Gasteiger partial charge on any atom is 0.409 e. The molecule has 2 rings (SSSR count). The van der Waals surface area contributed by atoms with Crippen LogP contribution in [-0.2, 0) is 9.53 Å². The molecule has 1 saturated carbocycles. The van der Waals surface area contributed by atoms with E-state index in [4.69, 9.17) is 0 Å². The number of rotatable bonds is 0. The first-order valence-corrected chi connectivity index (χ1v) is 5.05. The summed E-state index contributed by atoms with van der Waals surface area (Å²) in [6.07, 6.45) is 2.03. The van der Waals surface area contributed by atoms with Crippen LogP contribution in [0.3, 0.4) is 0 Å². The summed E-state index contributed by atoms with van der Waals surface area (Å²) in [6, 6.07) is 0. The van der Waals surface area contributed by atoms with Crippen LogP contribution in [0.1, 0.15) is 19.3 Å². The van der Waals surface area contributed by atoms with E-state index < -0.39 is 0 Å². The second-order valence-corrected chi connectivity index (χ2v) is 4.18. The van der Waals surface area contributed by atoms with E-state index in [2.05, 4.69) is 4.74 Å². The molecule has 2 unspecified atom stereocenters. The standard InChI is InChI=1S/C10H15NO3/c1-14-10(13)11-5-7-2-3-9(12)4-8(7)6-11/h7-8H,2-6H2,1H3. The summed E-state index contributed by atoms with van der Waals surface area (Å²) in [5.74, 6) is 1.25. The summed E-state index contributed by atoms with van der Waals surface area (Å²) < 4.78 is 4.67. The zero-order valence-electron chi connectivity index (χ0n) is 8.36. The van der Waals surface area contributed by atoms with Crippen LogP contribution in [0.4, 0.5) is 4.79 Å². The molecule has 0 radical (unpaired) electrons. The molecule has 4 nitrogen and oxygen atoms in total. The third-order valence-electron chi connectivity index (χ3n) is 3.29. The van der Waals surface area contributed by atoms with Gasteiger partial charge in [0.1, 0.15) is 5.78 Å². The fourth-order valence-electron chi connectivity index (χ4n) is 2.52. The molecule has 1 aliphatic heterocycles. The molecule has 0 aromatic rings. The first-order valence-electron chi connectivity index (χ1n) is 5.05. The van der Waals surface area contributed by atoms with Gasteiger partial charge in [-0.3, -0.25) is 4.79 Å². The molecule has 0 spiro atoms. The van der Waals surface area contributed by atoms with Crippen LogP contribution in [0.5, 0.6) is 0 Å². The van der Waals surface area contributed by atoms with Crippen molar-refractivity contribution in [2.75, 3.05) is 20.2 Å². The number of carbonyl (C=O) groups is 2. The highest BCUT2D eigenvalue weighted by molar-refractivity contribution is 5.79. The molecule has 0 aromatic carbocycles. The van der Waals surface area contributed by atoms with Crippen molar-refractivity contribution in [3.63, 3.8) is 0 Å². The van der Waals surface area contributed by atoms with E-state index in [1.54, 1.807) is 4.90 Å². The van der Waals surface area contributed by atoms with Crippen LogP contribution in [0.15, 0.2) is 0 Å². The minimum absolute atomic E-state index is 0.258. The van der Waals surface area contributed by atoms with Crippen LogP contribution in [0.2, 0.25) is 0 Å². The molecule has 4 heteroatoms. The molecular weight excluding hydrogens is 182 g/mol. The van der Waals surface area contributed by atoms with Crippen molar-refractivity contribution in [2.24, 2.45) is 11.8 Å². The summed E-state index contributed by atoms with van der Waals surface area (Å²) >= 11 is 0. The van der Waals surface area contributed by atoms with E-state index in [0.717, 1.165) is 13.0 Å². The summed E-state index contributed by atoms with van der Waals surface area (Å²) in [4.78, 5) is 24.2. The van der Waals surface area contributed by atoms with Crippen molar-refractivity contribution in [2.45, 2.75) is 19.3 Å². The number of hydrogen-bond donors (Lipinski definition) is 0. The van der Waals surface area contributed by atoms with Crippen molar-refractivity contribution in [3.05, 3.63) is 0 Å². The lowest BCUT2D eigenvalue weighted by Crippen LogP contribution is -2.28. The topological polar surface area (TPSA) is 46.6 Å². The minimum Gasteiger partial charge on any atom is -0.453 e. The molecule has 2 aliphatic rings. The van der Waals surface area contributed by atoms with Crippen LogP contribution >= 0.6 is 0 Å². The van der Waals surface area contributed by atoms with Gasteiger partial charge >= 0.3 is 6.09 Å². The number of fused-ring (bicyclic) bond motifs is 1. The highest BCUT2D eigenvalue weighted by Gasteiger charge is 2.39. The number of nitrogens with zero attached hydrogens (tertiary/aromatic N) is 1. The number of amides is 1. The van der Waals surface area contributed by atoms with Crippen molar-refractivity contribution in [1.82, 2.24) is 4.90 Å². The molecule has 1 saturated heterocycles. The molecular formula is C10H15NO3. The highest BCUT2D eigenvalue weighted by atomic mass is 16.5. The van der Waals surface area contributed by atoms with Crippen LogP contribution < -0.4 is 0 Å². The molecule has 0 bridgehead atoms. The molecule has 0 N–H and O–H groups in total. The Labute approximate surface area is 83.2 Å². The van der Waals surface area contributed by atoms with E-state index in [9.17, 15) is 9.59 Å². The number of likely N-dealkylation sites (tertiary alicyclic amines) is 1. The van der Waals surface area contributed by atoms with Crippen molar-refractivity contribution in [3.8, 4) is 0 Å². The summed E-state index contributed by atoms with van der Waals surface area (Å²) in [5, 5.41) is 0. The molecule has 0 aromatic heterocycles. The fraction of sp³-hybridized carbons (Fsp3) is 0.800. The molecule has 1 aliphatic carbocycles. The van der Waals surface area contributed by atoms with Gasteiger partial charge in [0.2, 0.25) is 0 Å². The number of carbonyl (C=O) groups excluding carboxylic acids is 2. The fourth-order valence-corrected chi connectivity index (χ4v) is 2.52. The first kappa shape index (κ1) is 9.49. The van der Waals surface area contributed by atoms with Crippen LogP contribution in [0, 0.1) is 11.8 Å². The Morgan fingerprint density at radius 3 is 2.86 bits per heavy atom. The second kappa shape index (κ2) is 3.59. The Bertz CT molecular complexity index is 264. The maximum atomic E-state index is 11.3. The molecule has 1 amide bonds. The number of hydrogen-bond acceptors (Lipinski definition) is 3. The van der Waals surface area contributed by atoms with E-state index in [0.29, 0.717) is 37.0 Å². The lowest BCUT2D eigenvalue weighted by Gasteiger charge is -2.21. The van der Waals surface area contributed by atoms with Gasteiger partial charge in [-0.2, -0.15) is 0 Å². The van der Waals surface area contributed by atoms with Crippen LogP contribution in [-0.4, -0.2) is 37.0 Å². The third-order valence-corrected chi connectivity index (χ3v) is 3.29. The van der Waals surface area contributed by atoms with Gasteiger partial charge in [0.05, 0.1) is 7.11 Å². The Hall–Kier alpha value is -1.06. The van der Waals surface area contributed by atoms with Gasteiger partial charge < -0.3 is 9.64 Å². The summed E-state index contributed by atoms with van der Waals surface area (Å²) in [7, 11) is 1.40. The quantitative estimate of drug-likeness (QED) is 0.583. The number of methoxy groups -OCH3 is 1. The van der Waals surface area contributed by atoms with Gasteiger partial charge in [-0.15, -0.1) is 0 Å². The molecule has 2 atom stereocenters. The Morgan fingerprint density at radius 2 is 2.14 bits per heavy atom. The second-order valence-electron chi connectivity index (χ2n) is 4.18. The number of Topliss-reactive ketones (excluding diaryl/α,β-unsaturated/α-hetero) is 1. The SMILES string of the molecule is COC(=O)N1CC2CCC(=O)CC2C1. The molecule has 14 heavy (non-hydrogen) atoms. The zero-order chi connectivity index (χ0) is 10.1. The predicted octanol–water partition coefficient (Wildman–Crippen LogP) is 1.05. The normalized spacial score (nSPS) is 31.5. The zero-order valence-corrected chi connectivity index (χ0v) is 8.36. The van der Waals surface area contributed by atoms with E-state index in [-0.39, 0.29) is 6.09 Å². The van der Waals surface area contributed by atoms with E-state index >= 15 is 0 Å². The van der Waals surface area contributed by atoms with Crippen molar-refractivity contribution >= 4 is 11.9 Å².